The number of nitrogens with zero attached hydrogens (tertiary/aromatic N) is 2. The van der Waals surface area contributed by atoms with Gasteiger partial charge in [0.2, 0.25) is 5.91 Å². The van der Waals surface area contributed by atoms with Crippen molar-refractivity contribution in [1.29, 1.82) is 0 Å². The minimum absolute atomic E-state index is 0.113. The molecule has 0 radical (unpaired) electrons. The Morgan fingerprint density at radius 1 is 1.06 bits per heavy atom. The SMILES string of the molecule is O=C(CSC1=N/C(=C\c2cccc(Br)c2)C(=O)N1c1ccccc1)Nc1ccc2cc[nH]c2c1. The number of aliphatic imine (C=N–C) groups is 1. The van der Waals surface area contributed by atoms with Crippen molar-refractivity contribution in [3.05, 3.63) is 101 Å². The van der Waals surface area contributed by atoms with Gasteiger partial charge in [0.05, 0.1) is 11.4 Å². The molecule has 1 aromatic heterocycles. The Morgan fingerprint density at radius 3 is 2.74 bits per heavy atom. The number of rotatable bonds is 5. The second-order valence-electron chi connectivity index (χ2n) is 7.57. The normalized spacial score (nSPS) is 14.6. The molecule has 0 bridgehead atoms. The summed E-state index contributed by atoms with van der Waals surface area (Å²) in [6.45, 7) is 0. The van der Waals surface area contributed by atoms with E-state index >= 15 is 0 Å². The van der Waals surface area contributed by atoms with Gasteiger partial charge in [-0.3, -0.25) is 14.5 Å². The molecule has 168 valence electrons. The number of carbonyl (C=O) groups excluding carboxylic acids is 2. The first-order chi connectivity index (χ1) is 16.6. The van der Waals surface area contributed by atoms with E-state index in [1.54, 1.807) is 11.0 Å². The zero-order chi connectivity index (χ0) is 23.5. The highest BCUT2D eigenvalue weighted by Crippen LogP contribution is 2.30. The quantitative estimate of drug-likeness (QED) is 0.308. The number of para-hydroxylation sites is 1. The maximum absolute atomic E-state index is 13.3. The van der Waals surface area contributed by atoms with Crippen LogP contribution in [0.1, 0.15) is 5.56 Å². The van der Waals surface area contributed by atoms with Crippen LogP contribution in [0.3, 0.4) is 0 Å². The number of anilines is 2. The molecule has 2 amide bonds. The topological polar surface area (TPSA) is 77.6 Å². The highest BCUT2D eigenvalue weighted by molar-refractivity contribution is 9.10. The van der Waals surface area contributed by atoms with Gasteiger partial charge in [0.15, 0.2) is 5.17 Å². The number of amides is 2. The molecule has 0 saturated heterocycles. The van der Waals surface area contributed by atoms with E-state index in [-0.39, 0.29) is 17.6 Å². The Kier molecular flexibility index (Phi) is 6.33. The Morgan fingerprint density at radius 2 is 1.91 bits per heavy atom. The summed E-state index contributed by atoms with van der Waals surface area (Å²) < 4.78 is 0.917. The Hall–Kier alpha value is -3.62. The number of thioether (sulfide) groups is 1. The zero-order valence-electron chi connectivity index (χ0n) is 17.9. The number of halogens is 1. The molecular formula is C26H19BrN4O2S. The number of hydrogen-bond donors (Lipinski definition) is 2. The van der Waals surface area contributed by atoms with E-state index in [0.29, 0.717) is 22.2 Å². The molecule has 1 aliphatic rings. The standard InChI is InChI=1S/C26H19BrN4O2S/c27-19-6-4-5-17(13-19)14-23-25(33)31(21-7-2-1-3-8-21)26(30-23)34-16-24(32)29-20-10-9-18-11-12-28-22(18)15-20/h1-15,28H,16H2,(H,29,32)/b23-14-. The van der Waals surface area contributed by atoms with E-state index in [4.69, 9.17) is 0 Å². The molecular weight excluding hydrogens is 512 g/mol. The number of nitrogens with one attached hydrogen (secondary N) is 2. The fourth-order valence-electron chi connectivity index (χ4n) is 3.60. The van der Waals surface area contributed by atoms with Crippen LogP contribution in [0.4, 0.5) is 11.4 Å². The van der Waals surface area contributed by atoms with Gasteiger partial charge in [-0.05, 0) is 59.5 Å². The predicted molar refractivity (Wildman–Crippen MR) is 143 cm³/mol. The summed E-state index contributed by atoms with van der Waals surface area (Å²) in [4.78, 5) is 35.2. The van der Waals surface area contributed by atoms with Crippen molar-refractivity contribution in [3.63, 3.8) is 0 Å². The van der Waals surface area contributed by atoms with Crippen molar-refractivity contribution in [2.24, 2.45) is 4.99 Å². The van der Waals surface area contributed by atoms with Gasteiger partial charge in [0, 0.05) is 21.9 Å². The first-order valence-corrected chi connectivity index (χ1v) is 12.3. The number of hydrogen-bond acceptors (Lipinski definition) is 4. The molecule has 0 aliphatic carbocycles. The van der Waals surface area contributed by atoms with Gasteiger partial charge in [0.1, 0.15) is 5.70 Å². The van der Waals surface area contributed by atoms with Crippen LogP contribution >= 0.6 is 27.7 Å². The van der Waals surface area contributed by atoms with Gasteiger partial charge >= 0.3 is 0 Å². The van der Waals surface area contributed by atoms with Crippen LogP contribution in [0.5, 0.6) is 0 Å². The summed E-state index contributed by atoms with van der Waals surface area (Å²) in [5.41, 5.74) is 3.54. The molecule has 2 N–H and O–H groups in total. The van der Waals surface area contributed by atoms with Crippen LogP contribution < -0.4 is 10.2 Å². The Balaban J connectivity index is 1.36. The minimum Gasteiger partial charge on any atom is -0.361 e. The van der Waals surface area contributed by atoms with Gasteiger partial charge in [0.25, 0.3) is 5.91 Å². The fourth-order valence-corrected chi connectivity index (χ4v) is 4.83. The Bertz CT molecular complexity index is 1450. The van der Waals surface area contributed by atoms with Crippen molar-refractivity contribution >= 4 is 73.0 Å². The second kappa shape index (κ2) is 9.70. The number of aromatic amines is 1. The average Bonchev–Trinajstić information content (AvgIpc) is 3.42. The van der Waals surface area contributed by atoms with Crippen molar-refractivity contribution in [1.82, 2.24) is 4.98 Å². The summed E-state index contributed by atoms with van der Waals surface area (Å²) in [7, 11) is 0. The largest absolute Gasteiger partial charge is 0.361 e. The maximum atomic E-state index is 13.3. The number of H-pyrrole nitrogens is 1. The molecule has 1 aliphatic heterocycles. The number of amidine groups is 1. The van der Waals surface area contributed by atoms with Gasteiger partial charge < -0.3 is 10.3 Å². The minimum atomic E-state index is -0.230. The molecule has 8 heteroatoms. The molecule has 5 rings (SSSR count). The van der Waals surface area contributed by atoms with Crippen LogP contribution in [0.25, 0.3) is 17.0 Å². The molecule has 0 unspecified atom stereocenters. The number of fused-ring (bicyclic) bond motifs is 1. The maximum Gasteiger partial charge on any atom is 0.283 e. The van der Waals surface area contributed by atoms with Crippen molar-refractivity contribution < 1.29 is 9.59 Å². The van der Waals surface area contributed by atoms with E-state index in [1.165, 1.54) is 11.8 Å². The fraction of sp³-hybridized carbons (Fsp3) is 0.0385. The second-order valence-corrected chi connectivity index (χ2v) is 9.43. The molecule has 0 fully saturated rings. The first kappa shape index (κ1) is 22.2. The summed E-state index contributed by atoms with van der Waals surface area (Å²) in [5.74, 6) is -0.294. The summed E-state index contributed by atoms with van der Waals surface area (Å²) in [5, 5.41) is 4.46. The monoisotopic (exact) mass is 530 g/mol. The van der Waals surface area contributed by atoms with E-state index in [0.717, 1.165) is 20.9 Å². The number of aromatic nitrogens is 1. The van der Waals surface area contributed by atoms with Gasteiger partial charge in [-0.25, -0.2) is 4.99 Å². The third-order valence-corrected chi connectivity index (χ3v) is 6.60. The van der Waals surface area contributed by atoms with Gasteiger partial charge in [-0.15, -0.1) is 0 Å². The van der Waals surface area contributed by atoms with Crippen LogP contribution in [0, 0.1) is 0 Å². The third kappa shape index (κ3) is 4.83. The molecule has 4 aromatic rings. The van der Waals surface area contributed by atoms with Crippen LogP contribution in [0.15, 0.2) is 100 Å². The highest BCUT2D eigenvalue weighted by atomic mass is 79.9. The van der Waals surface area contributed by atoms with Crippen molar-refractivity contribution in [3.8, 4) is 0 Å². The average molecular weight is 531 g/mol. The van der Waals surface area contributed by atoms with E-state index < -0.39 is 0 Å². The van der Waals surface area contributed by atoms with Crippen LogP contribution in [-0.4, -0.2) is 27.7 Å². The smallest absolute Gasteiger partial charge is 0.283 e. The summed E-state index contributed by atoms with van der Waals surface area (Å²) in [6, 6.07) is 24.7. The van der Waals surface area contributed by atoms with E-state index in [1.807, 2.05) is 85.1 Å². The van der Waals surface area contributed by atoms with Gasteiger partial charge in [-0.2, -0.15) is 0 Å². The number of carbonyl (C=O) groups is 2. The van der Waals surface area contributed by atoms with Crippen molar-refractivity contribution in [2.45, 2.75) is 0 Å². The van der Waals surface area contributed by atoms with Crippen LogP contribution in [0.2, 0.25) is 0 Å². The molecule has 2 heterocycles. The van der Waals surface area contributed by atoms with Crippen LogP contribution in [-0.2, 0) is 9.59 Å². The lowest BCUT2D eigenvalue weighted by atomic mass is 10.2. The lowest BCUT2D eigenvalue weighted by Crippen LogP contribution is -2.31. The van der Waals surface area contributed by atoms with E-state index in [9.17, 15) is 9.59 Å². The predicted octanol–water partition coefficient (Wildman–Crippen LogP) is 6.05. The highest BCUT2D eigenvalue weighted by Gasteiger charge is 2.32. The Labute approximate surface area is 208 Å². The molecule has 34 heavy (non-hydrogen) atoms. The lowest BCUT2D eigenvalue weighted by Gasteiger charge is -2.17. The number of benzene rings is 3. The molecule has 0 spiro atoms. The summed E-state index contributed by atoms with van der Waals surface area (Å²) >= 11 is 4.68. The lowest BCUT2D eigenvalue weighted by molar-refractivity contribution is -0.114. The van der Waals surface area contributed by atoms with Gasteiger partial charge in [-0.1, -0.05) is 64.1 Å². The molecule has 3 aromatic carbocycles. The van der Waals surface area contributed by atoms with Crippen molar-refractivity contribution in [2.75, 3.05) is 16.0 Å². The molecule has 0 saturated carbocycles. The third-order valence-electron chi connectivity index (χ3n) is 5.17. The zero-order valence-corrected chi connectivity index (χ0v) is 20.3. The first-order valence-electron chi connectivity index (χ1n) is 10.5. The summed E-state index contributed by atoms with van der Waals surface area (Å²) in [6.07, 6.45) is 3.61. The van der Waals surface area contributed by atoms with E-state index in [2.05, 4.69) is 31.2 Å². The molecule has 0 atom stereocenters. The molecule has 6 nitrogen and oxygen atoms in total.